The zero-order valence-corrected chi connectivity index (χ0v) is 14.3. The lowest BCUT2D eigenvalue weighted by molar-refractivity contribution is -0.135. The Morgan fingerprint density at radius 1 is 1.33 bits per heavy atom. The third-order valence-electron chi connectivity index (χ3n) is 4.57. The molecule has 0 spiro atoms. The summed E-state index contributed by atoms with van der Waals surface area (Å²) in [5.41, 5.74) is 4.04. The number of hydrogen-bond donors (Lipinski definition) is 1. The Morgan fingerprint density at radius 3 is 2.83 bits per heavy atom. The van der Waals surface area contributed by atoms with Gasteiger partial charge < -0.3 is 4.90 Å². The first-order valence-electron chi connectivity index (χ1n) is 8.19. The summed E-state index contributed by atoms with van der Waals surface area (Å²) in [7, 11) is 5.43. The molecule has 1 aromatic carbocycles. The second-order valence-electron chi connectivity index (χ2n) is 6.60. The largest absolute Gasteiger partial charge is 0.338 e. The highest BCUT2D eigenvalue weighted by Crippen LogP contribution is 2.25. The summed E-state index contributed by atoms with van der Waals surface area (Å²) in [5, 5.41) is 7.43. The molecule has 0 fully saturated rings. The number of aromatic nitrogens is 2. The minimum absolute atomic E-state index is 0.0691. The molecule has 0 saturated heterocycles. The Morgan fingerprint density at radius 2 is 2.12 bits per heavy atom. The van der Waals surface area contributed by atoms with E-state index in [0.29, 0.717) is 12.1 Å². The molecule has 1 amide bonds. The van der Waals surface area contributed by atoms with Gasteiger partial charge in [-0.25, -0.2) is 4.39 Å². The van der Waals surface area contributed by atoms with Gasteiger partial charge in [0.2, 0.25) is 5.91 Å². The lowest BCUT2D eigenvalue weighted by Gasteiger charge is -2.28. The molecule has 1 N–H and O–H groups in total. The molecule has 0 unspecified atom stereocenters. The van der Waals surface area contributed by atoms with Gasteiger partial charge in [0.15, 0.2) is 0 Å². The van der Waals surface area contributed by atoms with E-state index in [-0.39, 0.29) is 11.7 Å². The van der Waals surface area contributed by atoms with Gasteiger partial charge in [0.25, 0.3) is 0 Å². The Balaban J connectivity index is 1.79. The smallest absolute Gasteiger partial charge is 0.244 e. The van der Waals surface area contributed by atoms with Gasteiger partial charge in [-0.05, 0) is 56.6 Å². The molecule has 24 heavy (non-hydrogen) atoms. The summed E-state index contributed by atoms with van der Waals surface area (Å²) in [6.07, 6.45) is 3.19. The van der Waals surface area contributed by atoms with Crippen LogP contribution in [0.15, 0.2) is 24.3 Å². The van der Waals surface area contributed by atoms with E-state index in [1.54, 1.807) is 24.1 Å². The molecule has 1 atom stereocenters. The molecule has 6 heteroatoms. The fourth-order valence-corrected chi connectivity index (χ4v) is 3.37. The van der Waals surface area contributed by atoms with E-state index in [0.717, 1.165) is 25.0 Å². The van der Waals surface area contributed by atoms with E-state index in [1.165, 1.54) is 23.4 Å². The first-order valence-corrected chi connectivity index (χ1v) is 8.19. The quantitative estimate of drug-likeness (QED) is 0.915. The normalized spacial score (nSPS) is 14.7. The molecule has 0 saturated carbocycles. The molecule has 0 bridgehead atoms. The molecule has 3 rings (SSSR count). The van der Waals surface area contributed by atoms with Crippen LogP contribution in [0.1, 0.15) is 35.0 Å². The fourth-order valence-electron chi connectivity index (χ4n) is 3.37. The average molecular weight is 330 g/mol. The summed E-state index contributed by atoms with van der Waals surface area (Å²) in [6, 6.07) is 5.71. The number of benzene rings is 1. The number of carbonyl (C=O) groups is 1. The summed E-state index contributed by atoms with van der Waals surface area (Å²) >= 11 is 0. The third kappa shape index (κ3) is 3.19. The number of hydrogen-bond acceptors (Lipinski definition) is 3. The molecule has 1 aromatic heterocycles. The van der Waals surface area contributed by atoms with E-state index in [9.17, 15) is 9.18 Å². The van der Waals surface area contributed by atoms with Crippen molar-refractivity contribution in [2.24, 2.45) is 0 Å². The maximum Gasteiger partial charge on any atom is 0.244 e. The number of carbonyl (C=O) groups excluding carboxylic acids is 1. The highest BCUT2D eigenvalue weighted by atomic mass is 19.1. The molecule has 0 aliphatic heterocycles. The van der Waals surface area contributed by atoms with Crippen LogP contribution in [0.25, 0.3) is 0 Å². The van der Waals surface area contributed by atoms with Crippen molar-refractivity contribution in [2.75, 3.05) is 21.1 Å². The van der Waals surface area contributed by atoms with Crippen LogP contribution in [0.4, 0.5) is 4.39 Å². The van der Waals surface area contributed by atoms with Crippen molar-refractivity contribution in [3.8, 4) is 0 Å². The summed E-state index contributed by atoms with van der Waals surface area (Å²) < 4.78 is 13.6. The Bertz CT molecular complexity index is 740. The van der Waals surface area contributed by atoms with E-state index in [4.69, 9.17) is 0 Å². The highest BCUT2D eigenvalue weighted by molar-refractivity contribution is 5.83. The van der Waals surface area contributed by atoms with E-state index >= 15 is 0 Å². The standard InChI is InChI=1S/C18H23FN4O/c1-22(2)17(12-6-4-7-13(19)10-12)18(24)23(3)11-16-14-8-5-9-15(14)20-21-16/h4,6-7,10,17H,5,8-9,11H2,1-3H3,(H,20,21)/t17-/m0/s1. The number of H-pyrrole nitrogens is 1. The van der Waals surface area contributed by atoms with Gasteiger partial charge >= 0.3 is 0 Å². The summed E-state index contributed by atoms with van der Waals surface area (Å²) in [6.45, 7) is 0.463. The van der Waals surface area contributed by atoms with Gasteiger partial charge in [-0.2, -0.15) is 5.10 Å². The second-order valence-corrected chi connectivity index (χ2v) is 6.60. The topological polar surface area (TPSA) is 52.2 Å². The molecule has 5 nitrogen and oxygen atoms in total. The van der Waals surface area contributed by atoms with Crippen molar-refractivity contribution in [2.45, 2.75) is 31.8 Å². The van der Waals surface area contributed by atoms with Crippen LogP contribution in [-0.4, -0.2) is 47.0 Å². The zero-order valence-electron chi connectivity index (χ0n) is 14.3. The molecular weight excluding hydrogens is 307 g/mol. The molecule has 0 radical (unpaired) electrons. The SMILES string of the molecule is CN(Cc1n[nH]c2c1CCC2)C(=O)[C@H](c1cccc(F)c1)N(C)C. The number of aromatic amines is 1. The summed E-state index contributed by atoms with van der Waals surface area (Å²) in [4.78, 5) is 16.4. The van der Waals surface area contributed by atoms with Gasteiger partial charge in [0.05, 0.1) is 12.2 Å². The van der Waals surface area contributed by atoms with Crippen molar-refractivity contribution in [1.82, 2.24) is 20.0 Å². The number of amides is 1. The van der Waals surface area contributed by atoms with E-state index in [1.807, 2.05) is 19.0 Å². The van der Waals surface area contributed by atoms with Gasteiger partial charge in [0, 0.05) is 12.7 Å². The Kier molecular flexibility index (Phi) is 4.66. The van der Waals surface area contributed by atoms with Crippen molar-refractivity contribution in [3.05, 3.63) is 52.6 Å². The monoisotopic (exact) mass is 330 g/mol. The Hall–Kier alpha value is -2.21. The van der Waals surface area contributed by atoms with E-state index < -0.39 is 6.04 Å². The first-order chi connectivity index (χ1) is 11.5. The molecule has 1 aliphatic rings. The van der Waals surface area contributed by atoms with E-state index in [2.05, 4.69) is 10.2 Å². The molecule has 2 aromatic rings. The van der Waals surface area contributed by atoms with Gasteiger partial charge in [-0.1, -0.05) is 12.1 Å². The third-order valence-corrected chi connectivity index (χ3v) is 4.57. The number of nitrogens with one attached hydrogen (secondary N) is 1. The lowest BCUT2D eigenvalue weighted by atomic mass is 10.0. The van der Waals surface area contributed by atoms with Crippen LogP contribution in [-0.2, 0) is 24.2 Å². The number of halogens is 1. The predicted octanol–water partition coefficient (Wildman–Crippen LogP) is 2.30. The second kappa shape index (κ2) is 6.73. The van der Waals surface area contributed by atoms with Crippen LogP contribution in [0.2, 0.25) is 0 Å². The predicted molar refractivity (Wildman–Crippen MR) is 89.9 cm³/mol. The lowest BCUT2D eigenvalue weighted by Crippen LogP contribution is -2.38. The maximum atomic E-state index is 13.6. The molecule has 1 aliphatic carbocycles. The Labute approximate surface area is 141 Å². The summed E-state index contributed by atoms with van der Waals surface area (Å²) in [5.74, 6) is -0.403. The van der Waals surface area contributed by atoms with Crippen LogP contribution in [0.3, 0.4) is 0 Å². The first kappa shape index (κ1) is 16.6. The number of nitrogens with zero attached hydrogens (tertiary/aromatic N) is 3. The van der Waals surface area contributed by atoms with Crippen LogP contribution in [0.5, 0.6) is 0 Å². The number of likely N-dealkylation sites (N-methyl/N-ethyl adjacent to an activating group) is 2. The average Bonchev–Trinajstić information content (AvgIpc) is 3.12. The van der Waals surface area contributed by atoms with Crippen LogP contribution < -0.4 is 0 Å². The van der Waals surface area contributed by atoms with Crippen LogP contribution >= 0.6 is 0 Å². The maximum absolute atomic E-state index is 13.6. The van der Waals surface area contributed by atoms with Crippen molar-refractivity contribution >= 4 is 5.91 Å². The number of rotatable bonds is 5. The van der Waals surface area contributed by atoms with Gasteiger partial charge in [-0.3, -0.25) is 14.8 Å². The minimum Gasteiger partial charge on any atom is -0.338 e. The number of aryl methyl sites for hydroxylation is 1. The fraction of sp³-hybridized carbons (Fsp3) is 0.444. The van der Waals surface area contributed by atoms with Crippen molar-refractivity contribution < 1.29 is 9.18 Å². The molecular formula is C18H23FN4O. The molecule has 1 heterocycles. The molecule has 128 valence electrons. The van der Waals surface area contributed by atoms with Crippen LogP contribution in [0, 0.1) is 5.82 Å². The van der Waals surface area contributed by atoms with Crippen molar-refractivity contribution in [3.63, 3.8) is 0 Å². The van der Waals surface area contributed by atoms with Gasteiger partial charge in [-0.15, -0.1) is 0 Å². The zero-order chi connectivity index (χ0) is 17.3. The minimum atomic E-state index is -0.516. The van der Waals surface area contributed by atoms with Crippen molar-refractivity contribution in [1.29, 1.82) is 0 Å². The van der Waals surface area contributed by atoms with Gasteiger partial charge in [0.1, 0.15) is 11.9 Å². The number of fused-ring (bicyclic) bond motifs is 1. The highest BCUT2D eigenvalue weighted by Gasteiger charge is 2.28.